The lowest BCUT2D eigenvalue weighted by Gasteiger charge is -2.20. The molecule has 0 radical (unpaired) electrons. The average Bonchev–Trinajstić information content (AvgIpc) is 2.61. The highest BCUT2D eigenvalue weighted by atomic mass is 32.2. The topological polar surface area (TPSA) is 64.6 Å². The Labute approximate surface area is 142 Å². The van der Waals surface area contributed by atoms with Gasteiger partial charge in [-0.25, -0.2) is 13.1 Å². The number of hydrogen-bond acceptors (Lipinski definition) is 4. The number of ether oxygens (including phenoxy) is 2. The van der Waals surface area contributed by atoms with Gasteiger partial charge in [0.15, 0.2) is 11.5 Å². The minimum absolute atomic E-state index is 0.170. The quantitative estimate of drug-likeness (QED) is 0.903. The smallest absolute Gasteiger partial charge is 0.241 e. The summed E-state index contributed by atoms with van der Waals surface area (Å²) in [5.41, 5.74) is 2.15. The predicted octanol–water partition coefficient (Wildman–Crippen LogP) is 3.06. The van der Waals surface area contributed by atoms with Crippen LogP contribution in [0.25, 0.3) is 0 Å². The van der Waals surface area contributed by atoms with E-state index in [0.29, 0.717) is 24.7 Å². The molecule has 24 heavy (non-hydrogen) atoms. The van der Waals surface area contributed by atoms with E-state index in [-0.39, 0.29) is 10.9 Å². The summed E-state index contributed by atoms with van der Waals surface area (Å²) in [7, 11) is -3.64. The van der Waals surface area contributed by atoms with Crippen molar-refractivity contribution < 1.29 is 17.9 Å². The van der Waals surface area contributed by atoms with Crippen molar-refractivity contribution in [1.82, 2.24) is 4.72 Å². The number of rotatable bonds is 5. The summed E-state index contributed by atoms with van der Waals surface area (Å²) in [5, 5.41) is 0. The van der Waals surface area contributed by atoms with Crippen LogP contribution in [0.3, 0.4) is 0 Å². The summed E-state index contributed by atoms with van der Waals surface area (Å²) >= 11 is 0. The molecule has 1 heterocycles. The third kappa shape index (κ3) is 3.55. The van der Waals surface area contributed by atoms with E-state index in [2.05, 4.69) is 11.6 Å². The Bertz CT molecular complexity index is 815. The maximum Gasteiger partial charge on any atom is 0.241 e. The van der Waals surface area contributed by atoms with Crippen LogP contribution in [0.2, 0.25) is 0 Å². The maximum atomic E-state index is 12.6. The van der Waals surface area contributed by atoms with Crippen molar-refractivity contribution in [3.63, 3.8) is 0 Å². The van der Waals surface area contributed by atoms with Crippen LogP contribution in [0.15, 0.2) is 47.4 Å². The SMILES string of the molecule is CCc1ccc(C(C)NS(=O)(=O)c2ccc3c(c2)OCCO3)cc1. The van der Waals surface area contributed by atoms with Crippen molar-refractivity contribution in [3.05, 3.63) is 53.6 Å². The molecule has 3 rings (SSSR count). The molecule has 1 N–H and O–H groups in total. The maximum absolute atomic E-state index is 12.6. The van der Waals surface area contributed by atoms with Crippen molar-refractivity contribution in [2.45, 2.75) is 31.2 Å². The second kappa shape index (κ2) is 6.83. The molecule has 1 atom stereocenters. The van der Waals surface area contributed by atoms with Crippen molar-refractivity contribution >= 4 is 10.0 Å². The molecule has 1 unspecified atom stereocenters. The minimum atomic E-state index is -3.64. The summed E-state index contributed by atoms with van der Waals surface area (Å²) in [6.07, 6.45) is 0.956. The van der Waals surface area contributed by atoms with Gasteiger partial charge in [-0.2, -0.15) is 0 Å². The molecule has 0 amide bonds. The third-order valence-electron chi connectivity index (χ3n) is 4.04. The first-order valence-corrected chi connectivity index (χ1v) is 9.49. The second-order valence-corrected chi connectivity index (χ2v) is 7.46. The monoisotopic (exact) mass is 347 g/mol. The van der Waals surface area contributed by atoms with Gasteiger partial charge in [0, 0.05) is 12.1 Å². The predicted molar refractivity (Wildman–Crippen MR) is 92.0 cm³/mol. The minimum Gasteiger partial charge on any atom is -0.486 e. The first kappa shape index (κ1) is 16.8. The molecule has 0 spiro atoms. The second-order valence-electron chi connectivity index (χ2n) is 5.74. The molecule has 0 aliphatic carbocycles. The number of fused-ring (bicyclic) bond motifs is 1. The molecular formula is C18H21NO4S. The van der Waals surface area contributed by atoms with E-state index in [0.717, 1.165) is 12.0 Å². The van der Waals surface area contributed by atoms with Gasteiger partial charge in [-0.05, 0) is 36.6 Å². The molecular weight excluding hydrogens is 326 g/mol. The van der Waals surface area contributed by atoms with Crippen LogP contribution in [0, 0.1) is 0 Å². The first-order valence-electron chi connectivity index (χ1n) is 8.00. The Hall–Kier alpha value is -2.05. The summed E-state index contributed by atoms with van der Waals surface area (Å²) in [6, 6.07) is 12.3. The number of aryl methyl sites for hydroxylation is 1. The van der Waals surface area contributed by atoms with Gasteiger partial charge in [-0.3, -0.25) is 0 Å². The van der Waals surface area contributed by atoms with Gasteiger partial charge in [-0.15, -0.1) is 0 Å². The summed E-state index contributed by atoms with van der Waals surface area (Å²) < 4.78 is 38.8. The molecule has 1 aliphatic heterocycles. The van der Waals surface area contributed by atoms with Crippen LogP contribution in [0.1, 0.15) is 31.0 Å². The standard InChI is InChI=1S/C18H21NO4S/c1-3-14-4-6-15(7-5-14)13(2)19-24(20,21)16-8-9-17-18(12-16)23-11-10-22-17/h4-9,12-13,19H,3,10-11H2,1-2H3. The van der Waals surface area contributed by atoms with Gasteiger partial charge in [0.1, 0.15) is 13.2 Å². The normalized spacial score (nSPS) is 15.1. The zero-order valence-electron chi connectivity index (χ0n) is 13.8. The van der Waals surface area contributed by atoms with E-state index in [4.69, 9.17) is 9.47 Å². The first-order chi connectivity index (χ1) is 11.5. The molecule has 0 bridgehead atoms. The van der Waals surface area contributed by atoms with E-state index < -0.39 is 10.0 Å². The molecule has 0 saturated heterocycles. The molecule has 2 aromatic carbocycles. The molecule has 0 fully saturated rings. The van der Waals surface area contributed by atoms with Crippen molar-refractivity contribution in [2.24, 2.45) is 0 Å². The van der Waals surface area contributed by atoms with Crippen LogP contribution in [-0.4, -0.2) is 21.6 Å². The molecule has 1 aliphatic rings. The van der Waals surface area contributed by atoms with Gasteiger partial charge < -0.3 is 9.47 Å². The molecule has 5 nitrogen and oxygen atoms in total. The Morgan fingerprint density at radius 3 is 2.38 bits per heavy atom. The van der Waals surface area contributed by atoms with E-state index in [1.54, 1.807) is 6.07 Å². The summed E-state index contributed by atoms with van der Waals surface area (Å²) in [5.74, 6) is 1.03. The summed E-state index contributed by atoms with van der Waals surface area (Å²) in [4.78, 5) is 0.170. The highest BCUT2D eigenvalue weighted by molar-refractivity contribution is 7.89. The molecule has 2 aromatic rings. The average molecular weight is 347 g/mol. The highest BCUT2D eigenvalue weighted by Gasteiger charge is 2.21. The van der Waals surface area contributed by atoms with E-state index >= 15 is 0 Å². The highest BCUT2D eigenvalue weighted by Crippen LogP contribution is 2.32. The van der Waals surface area contributed by atoms with Crippen LogP contribution >= 0.6 is 0 Å². The van der Waals surface area contributed by atoms with E-state index in [1.807, 2.05) is 31.2 Å². The lowest BCUT2D eigenvalue weighted by molar-refractivity contribution is 0.171. The largest absolute Gasteiger partial charge is 0.486 e. The lowest BCUT2D eigenvalue weighted by atomic mass is 10.1. The van der Waals surface area contributed by atoms with Crippen LogP contribution < -0.4 is 14.2 Å². The molecule has 6 heteroatoms. The van der Waals surface area contributed by atoms with Gasteiger partial charge >= 0.3 is 0 Å². The molecule has 128 valence electrons. The van der Waals surface area contributed by atoms with Crippen molar-refractivity contribution in [2.75, 3.05) is 13.2 Å². The zero-order valence-corrected chi connectivity index (χ0v) is 14.6. The third-order valence-corrected chi connectivity index (χ3v) is 5.58. The molecule has 0 aromatic heterocycles. The Balaban J connectivity index is 1.79. The Morgan fingerprint density at radius 1 is 1.04 bits per heavy atom. The number of nitrogens with one attached hydrogen (secondary N) is 1. The fraction of sp³-hybridized carbons (Fsp3) is 0.333. The number of benzene rings is 2. The van der Waals surface area contributed by atoms with Gasteiger partial charge in [0.05, 0.1) is 4.90 Å². The van der Waals surface area contributed by atoms with Crippen LogP contribution in [0.4, 0.5) is 0 Å². The van der Waals surface area contributed by atoms with Gasteiger partial charge in [0.2, 0.25) is 10.0 Å². The fourth-order valence-corrected chi connectivity index (χ4v) is 3.85. The van der Waals surface area contributed by atoms with E-state index in [9.17, 15) is 8.42 Å². The fourth-order valence-electron chi connectivity index (χ4n) is 2.60. The van der Waals surface area contributed by atoms with E-state index in [1.165, 1.54) is 17.7 Å². The van der Waals surface area contributed by atoms with Gasteiger partial charge in [-0.1, -0.05) is 31.2 Å². The summed E-state index contributed by atoms with van der Waals surface area (Å²) in [6.45, 7) is 4.81. The van der Waals surface area contributed by atoms with Crippen LogP contribution in [-0.2, 0) is 16.4 Å². The van der Waals surface area contributed by atoms with Crippen molar-refractivity contribution in [3.8, 4) is 11.5 Å². The van der Waals surface area contributed by atoms with Crippen LogP contribution in [0.5, 0.6) is 11.5 Å². The lowest BCUT2D eigenvalue weighted by Crippen LogP contribution is -2.27. The molecule has 0 saturated carbocycles. The van der Waals surface area contributed by atoms with Crippen molar-refractivity contribution in [1.29, 1.82) is 0 Å². The number of hydrogen-bond donors (Lipinski definition) is 1. The van der Waals surface area contributed by atoms with Gasteiger partial charge in [0.25, 0.3) is 0 Å². The zero-order chi connectivity index (χ0) is 17.2. The Kier molecular flexibility index (Phi) is 4.78. The Morgan fingerprint density at radius 2 is 1.71 bits per heavy atom. The number of sulfonamides is 1.